The molecule has 0 unspecified atom stereocenters. The van der Waals surface area contributed by atoms with Gasteiger partial charge in [-0.3, -0.25) is 5.32 Å². The molecule has 134 valence electrons. The smallest absolute Gasteiger partial charge is 0.418 e. The first-order chi connectivity index (χ1) is 11.7. The number of carboxylic acid groups (broad SMARTS) is 1. The van der Waals surface area contributed by atoms with Gasteiger partial charge in [-0.15, -0.1) is 0 Å². The molecule has 25 heavy (non-hydrogen) atoms. The van der Waals surface area contributed by atoms with Crippen molar-refractivity contribution in [3.05, 3.63) is 53.6 Å². The third kappa shape index (κ3) is 5.03. The molecule has 5 nitrogen and oxygen atoms in total. The fraction of sp³-hybridized carbons (Fsp3) is 0.235. The Hall–Kier alpha value is -2.90. The first-order valence-corrected chi connectivity index (χ1v) is 7.38. The van der Waals surface area contributed by atoms with E-state index in [-0.39, 0.29) is 5.69 Å². The number of benzene rings is 2. The van der Waals surface area contributed by atoms with Gasteiger partial charge in [0, 0.05) is 32.0 Å². The highest BCUT2D eigenvalue weighted by molar-refractivity contribution is 5.84. The molecule has 0 saturated heterocycles. The third-order valence-electron chi connectivity index (χ3n) is 3.52. The lowest BCUT2D eigenvalue weighted by atomic mass is 10.1. The lowest BCUT2D eigenvalue weighted by Crippen LogP contribution is -2.15. The van der Waals surface area contributed by atoms with Gasteiger partial charge in [-0.05, 0) is 35.9 Å². The largest absolute Gasteiger partial charge is 0.465 e. The zero-order valence-electron chi connectivity index (χ0n) is 13.7. The van der Waals surface area contributed by atoms with E-state index in [1.165, 1.54) is 6.07 Å². The van der Waals surface area contributed by atoms with E-state index in [1.54, 1.807) is 5.32 Å². The van der Waals surface area contributed by atoms with Crippen LogP contribution in [-0.2, 0) is 12.7 Å². The van der Waals surface area contributed by atoms with E-state index in [4.69, 9.17) is 5.11 Å². The van der Waals surface area contributed by atoms with Crippen molar-refractivity contribution < 1.29 is 23.1 Å². The summed E-state index contributed by atoms with van der Waals surface area (Å²) in [5, 5.41) is 13.3. The normalized spacial score (nSPS) is 11.1. The Morgan fingerprint density at radius 2 is 1.76 bits per heavy atom. The zero-order valence-corrected chi connectivity index (χ0v) is 13.7. The summed E-state index contributed by atoms with van der Waals surface area (Å²) in [4.78, 5) is 12.6. The third-order valence-corrected chi connectivity index (χ3v) is 3.52. The van der Waals surface area contributed by atoms with Crippen molar-refractivity contribution in [3.8, 4) is 0 Å². The molecule has 2 aromatic carbocycles. The van der Waals surface area contributed by atoms with E-state index >= 15 is 0 Å². The summed E-state index contributed by atoms with van der Waals surface area (Å²) in [5.74, 6) is 0. The molecule has 0 saturated carbocycles. The molecular weight excluding hydrogens is 335 g/mol. The predicted molar refractivity (Wildman–Crippen MR) is 91.2 cm³/mol. The molecule has 8 heteroatoms. The van der Waals surface area contributed by atoms with Crippen LogP contribution in [-0.4, -0.2) is 25.3 Å². The standard InChI is InChI=1S/C17H18F3N3O2/c1-23(2)13-6-3-11(4-7-13)10-21-12-5-8-15(22-16(24)25)14(9-12)17(18,19)20/h3-9,21-22H,10H2,1-2H3,(H,24,25). The number of alkyl halides is 3. The van der Waals surface area contributed by atoms with Crippen LogP contribution in [0.3, 0.4) is 0 Å². The highest BCUT2D eigenvalue weighted by atomic mass is 19.4. The minimum absolute atomic E-state index is 0.250. The Morgan fingerprint density at radius 1 is 1.12 bits per heavy atom. The maximum Gasteiger partial charge on any atom is 0.418 e. The minimum Gasteiger partial charge on any atom is -0.465 e. The average Bonchev–Trinajstić information content (AvgIpc) is 2.52. The Balaban J connectivity index is 2.15. The first kappa shape index (κ1) is 18.4. The van der Waals surface area contributed by atoms with Crippen LogP contribution in [0.5, 0.6) is 0 Å². The summed E-state index contributed by atoms with van der Waals surface area (Å²) >= 11 is 0. The molecule has 2 rings (SSSR count). The lowest BCUT2D eigenvalue weighted by molar-refractivity contribution is -0.136. The number of nitrogens with one attached hydrogen (secondary N) is 2. The van der Waals surface area contributed by atoms with E-state index in [0.29, 0.717) is 6.54 Å². The van der Waals surface area contributed by atoms with Crippen molar-refractivity contribution >= 4 is 23.2 Å². The maximum absolute atomic E-state index is 13.1. The Bertz CT molecular complexity index is 744. The molecule has 0 fully saturated rings. The summed E-state index contributed by atoms with van der Waals surface area (Å²) in [6, 6.07) is 11.0. The maximum atomic E-state index is 13.1. The molecule has 0 aliphatic carbocycles. The molecule has 0 spiro atoms. The van der Waals surface area contributed by atoms with E-state index in [9.17, 15) is 18.0 Å². The molecule has 0 heterocycles. The molecule has 0 aliphatic heterocycles. The van der Waals surface area contributed by atoms with Crippen molar-refractivity contribution in [3.63, 3.8) is 0 Å². The van der Waals surface area contributed by atoms with Gasteiger partial charge in [0.05, 0.1) is 11.3 Å². The van der Waals surface area contributed by atoms with E-state index < -0.39 is 23.5 Å². The molecule has 0 aromatic heterocycles. The van der Waals surface area contributed by atoms with Gasteiger partial charge in [0.15, 0.2) is 0 Å². The molecule has 0 atom stereocenters. The summed E-state index contributed by atoms with van der Waals surface area (Å²) in [6.07, 6.45) is -6.21. The average molecular weight is 353 g/mol. The fourth-order valence-corrected chi connectivity index (χ4v) is 2.23. The SMILES string of the molecule is CN(C)c1ccc(CNc2ccc(NC(=O)O)c(C(F)(F)F)c2)cc1. The second-order valence-electron chi connectivity index (χ2n) is 5.60. The molecule has 1 amide bonds. The van der Waals surface area contributed by atoms with Gasteiger partial charge in [0.1, 0.15) is 0 Å². The number of carbonyl (C=O) groups is 1. The van der Waals surface area contributed by atoms with Crippen molar-refractivity contribution in [2.75, 3.05) is 29.6 Å². The Morgan fingerprint density at radius 3 is 2.28 bits per heavy atom. The van der Waals surface area contributed by atoms with Gasteiger partial charge in [-0.25, -0.2) is 4.79 Å². The van der Waals surface area contributed by atoms with Crippen molar-refractivity contribution in [2.45, 2.75) is 12.7 Å². The van der Waals surface area contributed by atoms with Crippen LogP contribution in [0, 0.1) is 0 Å². The van der Waals surface area contributed by atoms with Gasteiger partial charge in [-0.1, -0.05) is 12.1 Å². The summed E-state index contributed by atoms with van der Waals surface area (Å²) in [5.41, 5.74) is 0.641. The van der Waals surface area contributed by atoms with Gasteiger partial charge in [0.2, 0.25) is 0 Å². The molecule has 0 bridgehead atoms. The van der Waals surface area contributed by atoms with Gasteiger partial charge < -0.3 is 15.3 Å². The van der Waals surface area contributed by atoms with Crippen LogP contribution >= 0.6 is 0 Å². The second kappa shape index (κ2) is 7.33. The van der Waals surface area contributed by atoms with Crippen molar-refractivity contribution in [2.24, 2.45) is 0 Å². The summed E-state index contributed by atoms with van der Waals surface area (Å²) in [7, 11) is 3.83. The molecule has 2 aromatic rings. The highest BCUT2D eigenvalue weighted by Gasteiger charge is 2.34. The lowest BCUT2D eigenvalue weighted by Gasteiger charge is -2.16. The Kier molecular flexibility index (Phi) is 5.41. The Labute approximate surface area is 143 Å². The summed E-state index contributed by atoms with van der Waals surface area (Å²) in [6.45, 7) is 0.344. The quantitative estimate of drug-likeness (QED) is 0.742. The fourth-order valence-electron chi connectivity index (χ4n) is 2.23. The molecule has 3 N–H and O–H groups in total. The number of amides is 1. The molecule has 0 aliphatic rings. The van der Waals surface area contributed by atoms with Crippen LogP contribution in [0.2, 0.25) is 0 Å². The number of nitrogens with zero attached hydrogens (tertiary/aromatic N) is 1. The first-order valence-electron chi connectivity index (χ1n) is 7.38. The monoisotopic (exact) mass is 353 g/mol. The predicted octanol–water partition coefficient (Wildman–Crippen LogP) is 4.47. The number of anilines is 3. The number of hydrogen-bond acceptors (Lipinski definition) is 3. The molecular formula is C17H18F3N3O2. The molecule has 0 radical (unpaired) electrons. The van der Waals surface area contributed by atoms with Gasteiger partial charge >= 0.3 is 12.3 Å². The van der Waals surface area contributed by atoms with Crippen molar-refractivity contribution in [1.82, 2.24) is 0 Å². The van der Waals surface area contributed by atoms with Crippen LogP contribution < -0.4 is 15.5 Å². The van der Waals surface area contributed by atoms with Crippen LogP contribution in [0.1, 0.15) is 11.1 Å². The van der Waals surface area contributed by atoms with Crippen LogP contribution in [0.4, 0.5) is 35.0 Å². The topological polar surface area (TPSA) is 64.6 Å². The van der Waals surface area contributed by atoms with E-state index in [1.807, 2.05) is 43.3 Å². The van der Waals surface area contributed by atoms with Crippen LogP contribution in [0.15, 0.2) is 42.5 Å². The number of halogens is 3. The number of rotatable bonds is 5. The highest BCUT2D eigenvalue weighted by Crippen LogP contribution is 2.36. The number of hydrogen-bond donors (Lipinski definition) is 3. The van der Waals surface area contributed by atoms with E-state index in [2.05, 4.69) is 5.32 Å². The van der Waals surface area contributed by atoms with Gasteiger partial charge in [-0.2, -0.15) is 13.2 Å². The zero-order chi connectivity index (χ0) is 18.6. The van der Waals surface area contributed by atoms with Crippen molar-refractivity contribution in [1.29, 1.82) is 0 Å². The summed E-state index contributed by atoms with van der Waals surface area (Å²) < 4.78 is 39.3. The van der Waals surface area contributed by atoms with E-state index in [0.717, 1.165) is 23.4 Å². The minimum atomic E-state index is -4.66. The van der Waals surface area contributed by atoms with Crippen LogP contribution in [0.25, 0.3) is 0 Å². The van der Waals surface area contributed by atoms with Gasteiger partial charge in [0.25, 0.3) is 0 Å². The second-order valence-corrected chi connectivity index (χ2v) is 5.60.